The number of anilines is 1. The molecule has 1 N–H and O–H groups in total. The van der Waals surface area contributed by atoms with Crippen LogP contribution in [0.4, 0.5) is 5.69 Å². The molecule has 0 fully saturated rings. The van der Waals surface area contributed by atoms with Crippen LogP contribution in [-0.4, -0.2) is 15.9 Å². The lowest BCUT2D eigenvalue weighted by Gasteiger charge is -2.12. The highest BCUT2D eigenvalue weighted by Crippen LogP contribution is 2.33. The zero-order valence-electron chi connectivity index (χ0n) is 13.2. The molecule has 24 heavy (non-hydrogen) atoms. The molecule has 0 aliphatic rings. The predicted molar refractivity (Wildman–Crippen MR) is 97.1 cm³/mol. The van der Waals surface area contributed by atoms with Crippen LogP contribution in [0.1, 0.15) is 28.1 Å². The van der Waals surface area contributed by atoms with E-state index < -0.39 is 0 Å². The SMILES string of the molecule is C[C@H](Sc1ncccn1)c1cccc(NC(=O)c2ccccc2)c1. The minimum Gasteiger partial charge on any atom is -0.322 e. The molecule has 0 aliphatic heterocycles. The molecule has 0 unspecified atom stereocenters. The van der Waals surface area contributed by atoms with Gasteiger partial charge in [0.2, 0.25) is 0 Å². The fourth-order valence-electron chi connectivity index (χ4n) is 2.23. The Balaban J connectivity index is 1.71. The topological polar surface area (TPSA) is 54.9 Å². The molecule has 0 saturated carbocycles. The summed E-state index contributed by atoms with van der Waals surface area (Å²) in [4.78, 5) is 20.7. The van der Waals surface area contributed by atoms with Gasteiger partial charge < -0.3 is 5.32 Å². The van der Waals surface area contributed by atoms with Gasteiger partial charge in [0.05, 0.1) is 0 Å². The van der Waals surface area contributed by atoms with Gasteiger partial charge in [-0.2, -0.15) is 0 Å². The Bertz CT molecular complexity index is 809. The van der Waals surface area contributed by atoms with Crippen molar-refractivity contribution >= 4 is 23.4 Å². The molecule has 5 heteroatoms. The van der Waals surface area contributed by atoms with Crippen LogP contribution in [0.25, 0.3) is 0 Å². The van der Waals surface area contributed by atoms with Crippen molar-refractivity contribution < 1.29 is 4.79 Å². The quantitative estimate of drug-likeness (QED) is 0.547. The van der Waals surface area contributed by atoms with E-state index >= 15 is 0 Å². The molecule has 1 heterocycles. The number of amides is 1. The van der Waals surface area contributed by atoms with Crippen molar-refractivity contribution in [2.24, 2.45) is 0 Å². The molecule has 3 rings (SSSR count). The molecule has 0 saturated heterocycles. The van der Waals surface area contributed by atoms with E-state index in [1.807, 2.05) is 42.5 Å². The monoisotopic (exact) mass is 335 g/mol. The third-order valence-electron chi connectivity index (χ3n) is 3.47. The van der Waals surface area contributed by atoms with E-state index in [2.05, 4.69) is 22.2 Å². The number of hydrogen-bond acceptors (Lipinski definition) is 4. The van der Waals surface area contributed by atoms with E-state index in [4.69, 9.17) is 0 Å². The lowest BCUT2D eigenvalue weighted by molar-refractivity contribution is 0.102. The lowest BCUT2D eigenvalue weighted by atomic mass is 10.1. The van der Waals surface area contributed by atoms with Gasteiger partial charge in [0.1, 0.15) is 0 Å². The first-order valence-corrected chi connectivity index (χ1v) is 8.50. The highest BCUT2D eigenvalue weighted by molar-refractivity contribution is 7.99. The summed E-state index contributed by atoms with van der Waals surface area (Å²) in [6.07, 6.45) is 3.47. The number of benzene rings is 2. The van der Waals surface area contributed by atoms with Gasteiger partial charge in [-0.3, -0.25) is 4.79 Å². The zero-order valence-corrected chi connectivity index (χ0v) is 14.0. The second-order valence-corrected chi connectivity index (χ2v) is 6.55. The predicted octanol–water partition coefficient (Wildman–Crippen LogP) is 4.58. The molecule has 120 valence electrons. The van der Waals surface area contributed by atoms with E-state index in [0.29, 0.717) is 5.56 Å². The minimum atomic E-state index is -0.112. The summed E-state index contributed by atoms with van der Waals surface area (Å²) in [7, 11) is 0. The Morgan fingerprint density at radius 3 is 2.50 bits per heavy atom. The fourth-order valence-corrected chi connectivity index (χ4v) is 3.08. The maximum Gasteiger partial charge on any atom is 0.255 e. The van der Waals surface area contributed by atoms with Crippen molar-refractivity contribution in [1.82, 2.24) is 9.97 Å². The minimum absolute atomic E-state index is 0.112. The van der Waals surface area contributed by atoms with Crippen LogP contribution in [0.15, 0.2) is 78.2 Å². The summed E-state index contributed by atoms with van der Waals surface area (Å²) < 4.78 is 0. The molecule has 1 atom stereocenters. The summed E-state index contributed by atoms with van der Waals surface area (Å²) in [6.45, 7) is 2.10. The molecular weight excluding hydrogens is 318 g/mol. The molecule has 1 amide bonds. The number of carbonyl (C=O) groups excluding carboxylic acids is 1. The third-order valence-corrected chi connectivity index (χ3v) is 4.52. The Hall–Kier alpha value is -2.66. The van der Waals surface area contributed by atoms with Crippen LogP contribution < -0.4 is 5.32 Å². The van der Waals surface area contributed by atoms with Gasteiger partial charge in [-0.05, 0) is 42.8 Å². The molecule has 0 bridgehead atoms. The standard InChI is InChI=1S/C19H17N3OS/c1-14(24-19-20-11-6-12-21-19)16-9-5-10-17(13-16)22-18(23)15-7-3-2-4-8-15/h2-14H,1H3,(H,22,23)/t14-/m0/s1. The van der Waals surface area contributed by atoms with Gasteiger partial charge in [-0.15, -0.1) is 0 Å². The summed E-state index contributed by atoms with van der Waals surface area (Å²) in [5.74, 6) is -0.112. The van der Waals surface area contributed by atoms with E-state index in [-0.39, 0.29) is 11.2 Å². The van der Waals surface area contributed by atoms with Crippen molar-refractivity contribution in [1.29, 1.82) is 0 Å². The van der Waals surface area contributed by atoms with Gasteiger partial charge in [-0.25, -0.2) is 9.97 Å². The van der Waals surface area contributed by atoms with Crippen molar-refractivity contribution in [3.63, 3.8) is 0 Å². The fraction of sp³-hybridized carbons (Fsp3) is 0.105. The average Bonchev–Trinajstić information content (AvgIpc) is 2.63. The first kappa shape index (κ1) is 16.2. The Labute approximate surface area is 145 Å². The summed E-state index contributed by atoms with van der Waals surface area (Å²) in [5, 5.41) is 3.86. The van der Waals surface area contributed by atoms with Crippen LogP contribution in [0.3, 0.4) is 0 Å². The van der Waals surface area contributed by atoms with Crippen LogP contribution >= 0.6 is 11.8 Å². The number of nitrogens with zero attached hydrogens (tertiary/aromatic N) is 2. The van der Waals surface area contributed by atoms with Crippen molar-refractivity contribution in [2.45, 2.75) is 17.3 Å². The third kappa shape index (κ3) is 4.20. The largest absolute Gasteiger partial charge is 0.322 e. The van der Waals surface area contributed by atoms with Crippen LogP contribution in [0, 0.1) is 0 Å². The molecule has 0 aliphatic carbocycles. The first-order chi connectivity index (χ1) is 11.7. The zero-order chi connectivity index (χ0) is 16.8. The Morgan fingerprint density at radius 2 is 1.75 bits per heavy atom. The van der Waals surface area contributed by atoms with Gasteiger partial charge in [0.25, 0.3) is 5.91 Å². The Morgan fingerprint density at radius 1 is 1.00 bits per heavy atom. The normalized spacial score (nSPS) is 11.7. The van der Waals surface area contributed by atoms with Crippen molar-refractivity contribution in [3.05, 3.63) is 84.2 Å². The van der Waals surface area contributed by atoms with Gasteiger partial charge in [0.15, 0.2) is 5.16 Å². The number of aromatic nitrogens is 2. The van der Waals surface area contributed by atoms with E-state index in [0.717, 1.165) is 16.4 Å². The van der Waals surface area contributed by atoms with Gasteiger partial charge >= 0.3 is 0 Å². The highest BCUT2D eigenvalue weighted by Gasteiger charge is 2.11. The van der Waals surface area contributed by atoms with Crippen LogP contribution in [-0.2, 0) is 0 Å². The van der Waals surface area contributed by atoms with Gasteiger partial charge in [0, 0.05) is 28.9 Å². The molecule has 2 aromatic carbocycles. The number of hydrogen-bond donors (Lipinski definition) is 1. The second kappa shape index (κ2) is 7.75. The number of rotatable bonds is 5. The number of thioether (sulfide) groups is 1. The molecule has 0 radical (unpaired) electrons. The van der Waals surface area contributed by atoms with Gasteiger partial charge in [-0.1, -0.05) is 42.1 Å². The van der Waals surface area contributed by atoms with Crippen molar-refractivity contribution in [3.8, 4) is 0 Å². The second-order valence-electron chi connectivity index (χ2n) is 5.24. The van der Waals surface area contributed by atoms with E-state index in [1.165, 1.54) is 0 Å². The summed E-state index contributed by atoms with van der Waals surface area (Å²) >= 11 is 1.59. The van der Waals surface area contributed by atoms with Crippen LogP contribution in [0.5, 0.6) is 0 Å². The molecular formula is C19H17N3OS. The number of carbonyl (C=O) groups is 1. The summed E-state index contributed by atoms with van der Waals surface area (Å²) in [6, 6.07) is 18.8. The summed E-state index contributed by atoms with van der Waals surface area (Å²) in [5.41, 5.74) is 2.53. The van der Waals surface area contributed by atoms with Crippen LogP contribution in [0.2, 0.25) is 0 Å². The Kier molecular flexibility index (Phi) is 5.23. The average molecular weight is 335 g/mol. The molecule has 3 aromatic rings. The molecule has 4 nitrogen and oxygen atoms in total. The highest BCUT2D eigenvalue weighted by atomic mass is 32.2. The lowest BCUT2D eigenvalue weighted by Crippen LogP contribution is -2.11. The van der Waals surface area contributed by atoms with Crippen molar-refractivity contribution in [2.75, 3.05) is 5.32 Å². The van der Waals surface area contributed by atoms with E-state index in [9.17, 15) is 4.79 Å². The molecule has 1 aromatic heterocycles. The maximum absolute atomic E-state index is 12.2. The smallest absolute Gasteiger partial charge is 0.255 e. The van der Waals surface area contributed by atoms with E-state index in [1.54, 1.807) is 42.4 Å². The number of nitrogens with one attached hydrogen (secondary N) is 1. The maximum atomic E-state index is 12.2. The molecule has 0 spiro atoms. The first-order valence-electron chi connectivity index (χ1n) is 7.62.